The number of nitrogens with zero attached hydrogens (tertiary/aromatic N) is 2. The van der Waals surface area contributed by atoms with Gasteiger partial charge in [0.2, 0.25) is 0 Å². The van der Waals surface area contributed by atoms with Crippen LogP contribution >= 0.6 is 0 Å². The summed E-state index contributed by atoms with van der Waals surface area (Å²) in [6.07, 6.45) is 3.55. The molecule has 0 aliphatic rings. The largest absolute Gasteiger partial charge is 0.451 e. The van der Waals surface area contributed by atoms with Crippen molar-refractivity contribution in [1.82, 2.24) is 9.97 Å². The van der Waals surface area contributed by atoms with Gasteiger partial charge in [-0.2, -0.15) is 0 Å². The number of aromatic nitrogens is 2. The fourth-order valence-corrected chi connectivity index (χ4v) is 1.77. The van der Waals surface area contributed by atoms with Crippen molar-refractivity contribution in [3.05, 3.63) is 47.9 Å². The number of nitrogens with one attached hydrogen (secondary N) is 1. The van der Waals surface area contributed by atoms with E-state index in [0.717, 1.165) is 12.0 Å². The summed E-state index contributed by atoms with van der Waals surface area (Å²) in [6.45, 7) is 1.60. The molecule has 1 aromatic carbocycles. The molecule has 0 bridgehead atoms. The summed E-state index contributed by atoms with van der Waals surface area (Å²) in [5, 5.41) is 2.65. The van der Waals surface area contributed by atoms with Crippen LogP contribution in [0.2, 0.25) is 0 Å². The molecule has 1 amide bonds. The third-order valence-corrected chi connectivity index (χ3v) is 2.87. The molecule has 22 heavy (non-hydrogen) atoms. The van der Waals surface area contributed by atoms with Crippen LogP contribution in [0.5, 0.6) is 0 Å². The fraction of sp³-hybridized carbons (Fsp3) is 0.200. The number of ether oxygens (including phenoxy) is 1. The van der Waals surface area contributed by atoms with Crippen molar-refractivity contribution in [3.8, 4) is 0 Å². The van der Waals surface area contributed by atoms with E-state index in [2.05, 4.69) is 15.3 Å². The molecular formula is C15H16N4O3. The number of aryl methyl sites for hydroxylation is 1. The predicted molar refractivity (Wildman–Crippen MR) is 81.2 cm³/mol. The van der Waals surface area contributed by atoms with Crippen molar-refractivity contribution < 1.29 is 14.3 Å². The highest BCUT2D eigenvalue weighted by Crippen LogP contribution is 2.11. The fourth-order valence-electron chi connectivity index (χ4n) is 1.77. The second-order valence-electron chi connectivity index (χ2n) is 4.47. The van der Waals surface area contributed by atoms with Crippen LogP contribution in [0.15, 0.2) is 36.7 Å². The molecule has 2 aromatic rings. The maximum atomic E-state index is 11.8. The summed E-state index contributed by atoms with van der Waals surface area (Å²) in [7, 11) is 0. The van der Waals surface area contributed by atoms with Gasteiger partial charge >= 0.3 is 5.97 Å². The van der Waals surface area contributed by atoms with Crippen LogP contribution in [-0.2, 0) is 16.0 Å². The standard InChI is InChI=1S/C15H16N4O3/c1-2-10-4-3-5-11(8-10)19-12(20)9-22-15(21)13-14(16)18-7-6-17-13/h3-8H,2,9H2,1H3,(H2,16,18)(H,19,20). The van der Waals surface area contributed by atoms with Crippen molar-refractivity contribution in [2.45, 2.75) is 13.3 Å². The number of esters is 1. The molecular weight excluding hydrogens is 284 g/mol. The van der Waals surface area contributed by atoms with Crippen LogP contribution in [0.4, 0.5) is 11.5 Å². The van der Waals surface area contributed by atoms with Crippen molar-refractivity contribution in [1.29, 1.82) is 0 Å². The molecule has 1 aromatic heterocycles. The zero-order valence-corrected chi connectivity index (χ0v) is 12.1. The Morgan fingerprint density at radius 1 is 1.27 bits per heavy atom. The van der Waals surface area contributed by atoms with Gasteiger partial charge < -0.3 is 15.8 Å². The highest BCUT2D eigenvalue weighted by molar-refractivity contribution is 5.96. The lowest BCUT2D eigenvalue weighted by Gasteiger charge is -2.08. The van der Waals surface area contributed by atoms with Crippen molar-refractivity contribution in [2.75, 3.05) is 17.7 Å². The van der Waals surface area contributed by atoms with Crippen LogP contribution in [0.3, 0.4) is 0 Å². The second kappa shape index (κ2) is 7.16. The lowest BCUT2D eigenvalue weighted by molar-refractivity contribution is -0.119. The van der Waals surface area contributed by atoms with Gasteiger partial charge in [0.25, 0.3) is 5.91 Å². The van der Waals surface area contributed by atoms with Crippen molar-refractivity contribution >= 4 is 23.4 Å². The molecule has 7 nitrogen and oxygen atoms in total. The van der Waals surface area contributed by atoms with E-state index in [4.69, 9.17) is 10.5 Å². The molecule has 0 saturated carbocycles. The molecule has 0 fully saturated rings. The number of amides is 1. The first-order valence-electron chi connectivity index (χ1n) is 6.72. The zero-order chi connectivity index (χ0) is 15.9. The maximum Gasteiger partial charge on any atom is 0.361 e. The molecule has 0 radical (unpaired) electrons. The van der Waals surface area contributed by atoms with Crippen LogP contribution < -0.4 is 11.1 Å². The van der Waals surface area contributed by atoms with Crippen LogP contribution in [0, 0.1) is 0 Å². The summed E-state index contributed by atoms with van der Waals surface area (Å²) in [5.74, 6) is -1.27. The summed E-state index contributed by atoms with van der Waals surface area (Å²) in [5.41, 5.74) is 7.15. The molecule has 0 atom stereocenters. The Labute approximate surface area is 127 Å². The Morgan fingerprint density at radius 3 is 2.77 bits per heavy atom. The number of benzene rings is 1. The minimum atomic E-state index is -0.789. The molecule has 7 heteroatoms. The Kier molecular flexibility index (Phi) is 5.02. The minimum Gasteiger partial charge on any atom is -0.451 e. The molecule has 114 valence electrons. The Balaban J connectivity index is 1.90. The second-order valence-corrected chi connectivity index (χ2v) is 4.47. The van der Waals surface area contributed by atoms with E-state index in [0.29, 0.717) is 5.69 Å². The van der Waals surface area contributed by atoms with E-state index in [9.17, 15) is 9.59 Å². The molecule has 2 rings (SSSR count). The van der Waals surface area contributed by atoms with Crippen LogP contribution in [-0.4, -0.2) is 28.5 Å². The molecule has 1 heterocycles. The first kappa shape index (κ1) is 15.4. The molecule has 0 saturated heterocycles. The van der Waals surface area contributed by atoms with Gasteiger partial charge in [0.1, 0.15) is 0 Å². The Hall–Kier alpha value is -2.96. The number of nitrogens with two attached hydrogens (primary N) is 1. The molecule has 0 spiro atoms. The van der Waals surface area contributed by atoms with Gasteiger partial charge in [-0.15, -0.1) is 0 Å². The van der Waals surface area contributed by atoms with Crippen LogP contribution in [0.1, 0.15) is 23.0 Å². The minimum absolute atomic E-state index is 0.0384. The third kappa shape index (κ3) is 4.02. The van der Waals surface area contributed by atoms with Gasteiger partial charge in [-0.05, 0) is 24.1 Å². The number of nitrogen functional groups attached to an aromatic ring is 1. The number of anilines is 2. The molecule has 0 aliphatic heterocycles. The van der Waals surface area contributed by atoms with Gasteiger partial charge in [-0.25, -0.2) is 14.8 Å². The van der Waals surface area contributed by atoms with E-state index in [1.807, 2.05) is 25.1 Å². The van der Waals surface area contributed by atoms with Gasteiger partial charge in [-0.1, -0.05) is 19.1 Å². The average Bonchev–Trinajstić information content (AvgIpc) is 2.53. The highest BCUT2D eigenvalue weighted by atomic mass is 16.5. The Bertz CT molecular complexity index is 688. The molecule has 0 unspecified atom stereocenters. The average molecular weight is 300 g/mol. The van der Waals surface area contributed by atoms with Crippen molar-refractivity contribution in [2.24, 2.45) is 0 Å². The maximum absolute atomic E-state index is 11.8. The number of rotatable bonds is 5. The first-order valence-corrected chi connectivity index (χ1v) is 6.72. The van der Waals surface area contributed by atoms with Gasteiger partial charge in [0, 0.05) is 18.1 Å². The van der Waals surface area contributed by atoms with E-state index < -0.39 is 18.5 Å². The summed E-state index contributed by atoms with van der Waals surface area (Å²) in [6, 6.07) is 7.44. The SMILES string of the molecule is CCc1cccc(NC(=O)COC(=O)c2nccnc2N)c1. The van der Waals surface area contributed by atoms with E-state index in [1.54, 1.807) is 6.07 Å². The molecule has 3 N–H and O–H groups in total. The highest BCUT2D eigenvalue weighted by Gasteiger charge is 2.15. The van der Waals surface area contributed by atoms with Crippen molar-refractivity contribution in [3.63, 3.8) is 0 Å². The quantitative estimate of drug-likeness (QED) is 0.809. The Morgan fingerprint density at radius 2 is 2.05 bits per heavy atom. The van der Waals surface area contributed by atoms with Gasteiger partial charge in [0.05, 0.1) is 0 Å². The summed E-state index contributed by atoms with van der Waals surface area (Å²) < 4.78 is 4.87. The summed E-state index contributed by atoms with van der Waals surface area (Å²) in [4.78, 5) is 31.0. The van der Waals surface area contributed by atoms with Gasteiger partial charge in [-0.3, -0.25) is 4.79 Å². The monoisotopic (exact) mass is 300 g/mol. The topological polar surface area (TPSA) is 107 Å². The van der Waals surface area contributed by atoms with Gasteiger partial charge in [0.15, 0.2) is 18.1 Å². The normalized spacial score (nSPS) is 10.0. The zero-order valence-electron chi connectivity index (χ0n) is 12.1. The van der Waals surface area contributed by atoms with E-state index >= 15 is 0 Å². The van der Waals surface area contributed by atoms with Crippen LogP contribution in [0.25, 0.3) is 0 Å². The smallest absolute Gasteiger partial charge is 0.361 e. The molecule has 0 aliphatic carbocycles. The number of carbonyl (C=O) groups excluding carboxylic acids is 2. The summed E-state index contributed by atoms with van der Waals surface area (Å²) >= 11 is 0. The number of hydrogen-bond acceptors (Lipinski definition) is 6. The number of carbonyl (C=O) groups is 2. The first-order chi connectivity index (χ1) is 10.6. The third-order valence-electron chi connectivity index (χ3n) is 2.87. The number of hydrogen-bond donors (Lipinski definition) is 2. The lowest BCUT2D eigenvalue weighted by Crippen LogP contribution is -2.22. The predicted octanol–water partition coefficient (Wildman–Crippen LogP) is 1.42. The lowest BCUT2D eigenvalue weighted by atomic mass is 10.1. The van der Waals surface area contributed by atoms with E-state index in [-0.39, 0.29) is 11.5 Å². The van der Waals surface area contributed by atoms with E-state index in [1.165, 1.54) is 12.4 Å².